The Morgan fingerprint density at radius 1 is 1.38 bits per heavy atom. The van der Waals surface area contributed by atoms with Crippen LogP contribution in [-0.4, -0.2) is 6.10 Å². The minimum absolute atomic E-state index is 0.277. The molecule has 86 valence electrons. The minimum atomic E-state index is 0.277. The fourth-order valence-electron chi connectivity index (χ4n) is 1.66. The highest BCUT2D eigenvalue weighted by molar-refractivity contribution is 7.19. The largest absolute Gasteiger partial charge is 0.373 e. The first-order valence-electron chi connectivity index (χ1n) is 5.52. The van der Waals surface area contributed by atoms with Crippen LogP contribution >= 0.6 is 11.3 Å². The molecule has 0 aliphatic heterocycles. The van der Waals surface area contributed by atoms with Gasteiger partial charge >= 0.3 is 0 Å². The Hall–Kier alpha value is -0.900. The van der Waals surface area contributed by atoms with Crippen molar-refractivity contribution in [3.63, 3.8) is 0 Å². The molecule has 0 unspecified atom stereocenters. The summed E-state index contributed by atoms with van der Waals surface area (Å²) in [6.07, 6.45) is 0.277. The van der Waals surface area contributed by atoms with Crippen molar-refractivity contribution in [3.8, 4) is 0 Å². The Morgan fingerprint density at radius 2 is 2.19 bits per heavy atom. The maximum absolute atomic E-state index is 5.72. The number of fused-ring (bicyclic) bond motifs is 1. The molecule has 0 aliphatic carbocycles. The monoisotopic (exact) mass is 235 g/mol. The molecule has 0 saturated heterocycles. The van der Waals surface area contributed by atoms with Gasteiger partial charge in [0.05, 0.1) is 12.7 Å². The molecule has 16 heavy (non-hydrogen) atoms. The zero-order valence-corrected chi connectivity index (χ0v) is 10.5. The van der Waals surface area contributed by atoms with Gasteiger partial charge in [-0.25, -0.2) is 0 Å². The summed E-state index contributed by atoms with van der Waals surface area (Å²) in [6.45, 7) is 5.40. The van der Waals surface area contributed by atoms with Gasteiger partial charge in [-0.1, -0.05) is 18.2 Å². The second kappa shape index (κ2) is 4.95. The Balaban J connectivity index is 2.29. The van der Waals surface area contributed by atoms with E-state index in [1.807, 2.05) is 0 Å². The predicted octanol–water partition coefficient (Wildman–Crippen LogP) is 3.29. The molecule has 0 spiro atoms. The van der Waals surface area contributed by atoms with Gasteiger partial charge < -0.3 is 10.5 Å². The van der Waals surface area contributed by atoms with Crippen molar-refractivity contribution in [1.29, 1.82) is 0 Å². The van der Waals surface area contributed by atoms with Gasteiger partial charge in [0.25, 0.3) is 0 Å². The van der Waals surface area contributed by atoms with Crippen molar-refractivity contribution >= 4 is 21.4 Å². The molecule has 0 radical (unpaired) electrons. The molecule has 3 heteroatoms. The molecule has 0 saturated carbocycles. The summed E-state index contributed by atoms with van der Waals surface area (Å²) in [4.78, 5) is 1.27. The Morgan fingerprint density at radius 3 is 2.88 bits per heavy atom. The number of hydrogen-bond donors (Lipinski definition) is 1. The highest BCUT2D eigenvalue weighted by atomic mass is 32.1. The molecule has 0 bridgehead atoms. The highest BCUT2D eigenvalue weighted by Gasteiger charge is 2.05. The van der Waals surface area contributed by atoms with Crippen LogP contribution in [0.5, 0.6) is 0 Å². The van der Waals surface area contributed by atoms with Crippen LogP contribution < -0.4 is 5.73 Å². The number of hydrogen-bond acceptors (Lipinski definition) is 3. The van der Waals surface area contributed by atoms with Crippen molar-refractivity contribution in [2.24, 2.45) is 5.73 Å². The Labute approximate surface area is 100 Å². The topological polar surface area (TPSA) is 35.2 Å². The quantitative estimate of drug-likeness (QED) is 0.882. The minimum Gasteiger partial charge on any atom is -0.373 e. The third kappa shape index (κ3) is 2.43. The van der Waals surface area contributed by atoms with Crippen molar-refractivity contribution in [2.75, 3.05) is 0 Å². The van der Waals surface area contributed by atoms with Gasteiger partial charge in [-0.05, 0) is 30.9 Å². The first kappa shape index (κ1) is 11.6. The standard InChI is InChI=1S/C13H17NOS/c1-9(2)15-8-12-6-10-4-3-5-11(7-14)13(10)16-12/h3-6,9H,7-8,14H2,1-2H3. The number of ether oxygens (including phenoxy) is 1. The summed E-state index contributed by atoms with van der Waals surface area (Å²) in [5.74, 6) is 0. The first-order chi connectivity index (χ1) is 7.70. The molecule has 1 aromatic carbocycles. The van der Waals surface area contributed by atoms with Crippen molar-refractivity contribution in [2.45, 2.75) is 33.1 Å². The first-order valence-corrected chi connectivity index (χ1v) is 6.34. The SMILES string of the molecule is CC(C)OCc1cc2cccc(CN)c2s1. The van der Waals surface area contributed by atoms with Crippen LogP contribution in [0.25, 0.3) is 10.1 Å². The Kier molecular flexibility index (Phi) is 3.59. The molecule has 2 rings (SSSR count). The zero-order chi connectivity index (χ0) is 11.5. The van der Waals surface area contributed by atoms with Crippen LogP contribution in [0.4, 0.5) is 0 Å². The third-order valence-corrected chi connectivity index (χ3v) is 3.66. The highest BCUT2D eigenvalue weighted by Crippen LogP contribution is 2.29. The van der Waals surface area contributed by atoms with Gasteiger partial charge in [0.2, 0.25) is 0 Å². The van der Waals surface area contributed by atoms with Crippen molar-refractivity contribution < 1.29 is 4.74 Å². The van der Waals surface area contributed by atoms with E-state index in [0.717, 1.165) is 0 Å². The average Bonchev–Trinajstić information content (AvgIpc) is 2.68. The van der Waals surface area contributed by atoms with Gasteiger partial charge in [-0.2, -0.15) is 0 Å². The number of nitrogens with two attached hydrogens (primary N) is 1. The molecule has 0 atom stereocenters. The lowest BCUT2D eigenvalue weighted by atomic mass is 10.1. The van der Waals surface area contributed by atoms with E-state index in [1.54, 1.807) is 11.3 Å². The summed E-state index contributed by atoms with van der Waals surface area (Å²) in [5, 5.41) is 1.27. The second-order valence-electron chi connectivity index (χ2n) is 4.11. The molecule has 0 fully saturated rings. The van der Waals surface area contributed by atoms with E-state index in [-0.39, 0.29) is 6.10 Å². The summed E-state index contributed by atoms with van der Waals surface area (Å²) in [7, 11) is 0. The lowest BCUT2D eigenvalue weighted by Gasteiger charge is -2.04. The van der Waals surface area contributed by atoms with Crippen LogP contribution in [0.1, 0.15) is 24.3 Å². The summed E-state index contributed by atoms with van der Waals surface area (Å²) in [5.41, 5.74) is 6.94. The normalized spacial score (nSPS) is 11.5. The molecule has 2 aromatic rings. The molecular formula is C13H17NOS. The number of benzene rings is 1. The van der Waals surface area contributed by atoms with Crippen LogP contribution in [0.15, 0.2) is 24.3 Å². The van der Waals surface area contributed by atoms with Crippen LogP contribution in [0.2, 0.25) is 0 Å². The van der Waals surface area contributed by atoms with Crippen molar-refractivity contribution in [3.05, 3.63) is 34.7 Å². The molecule has 2 N–H and O–H groups in total. The van der Waals surface area contributed by atoms with E-state index in [0.29, 0.717) is 13.2 Å². The third-order valence-electron chi connectivity index (χ3n) is 2.46. The van der Waals surface area contributed by atoms with E-state index in [1.165, 1.54) is 20.5 Å². The predicted molar refractivity (Wildman–Crippen MR) is 69.6 cm³/mol. The number of rotatable bonds is 4. The van der Waals surface area contributed by atoms with E-state index in [4.69, 9.17) is 10.5 Å². The molecule has 2 nitrogen and oxygen atoms in total. The van der Waals surface area contributed by atoms with Gasteiger partial charge in [0, 0.05) is 16.1 Å². The van der Waals surface area contributed by atoms with Gasteiger partial charge in [0.1, 0.15) is 0 Å². The number of thiophene rings is 1. The lowest BCUT2D eigenvalue weighted by molar-refractivity contribution is 0.0675. The smallest absolute Gasteiger partial charge is 0.0813 e. The zero-order valence-electron chi connectivity index (χ0n) is 9.69. The van der Waals surface area contributed by atoms with E-state index >= 15 is 0 Å². The molecule has 0 amide bonds. The van der Waals surface area contributed by atoms with E-state index in [2.05, 4.69) is 38.1 Å². The molecule has 1 heterocycles. The summed E-state index contributed by atoms with van der Waals surface area (Å²) < 4.78 is 6.91. The van der Waals surface area contributed by atoms with Gasteiger partial charge in [0.15, 0.2) is 0 Å². The van der Waals surface area contributed by atoms with Crippen molar-refractivity contribution in [1.82, 2.24) is 0 Å². The fourth-order valence-corrected chi connectivity index (χ4v) is 2.76. The van der Waals surface area contributed by atoms with E-state index in [9.17, 15) is 0 Å². The van der Waals surface area contributed by atoms with Gasteiger partial charge in [-0.3, -0.25) is 0 Å². The van der Waals surface area contributed by atoms with E-state index < -0.39 is 0 Å². The van der Waals surface area contributed by atoms with Crippen LogP contribution in [-0.2, 0) is 17.9 Å². The fraction of sp³-hybridized carbons (Fsp3) is 0.385. The van der Waals surface area contributed by atoms with Crippen LogP contribution in [0, 0.1) is 0 Å². The summed E-state index contributed by atoms with van der Waals surface area (Å²) >= 11 is 1.79. The maximum Gasteiger partial charge on any atom is 0.0813 e. The van der Waals surface area contributed by atoms with Crippen LogP contribution in [0.3, 0.4) is 0 Å². The summed E-state index contributed by atoms with van der Waals surface area (Å²) in [6, 6.07) is 8.47. The lowest BCUT2D eigenvalue weighted by Crippen LogP contribution is -2.00. The molecule has 1 aromatic heterocycles. The molecule has 0 aliphatic rings. The average molecular weight is 235 g/mol. The second-order valence-corrected chi connectivity index (χ2v) is 5.25. The Bertz CT molecular complexity index is 476. The molecular weight excluding hydrogens is 218 g/mol. The van der Waals surface area contributed by atoms with Gasteiger partial charge in [-0.15, -0.1) is 11.3 Å². The maximum atomic E-state index is 5.72.